The van der Waals surface area contributed by atoms with Crippen molar-refractivity contribution in [3.05, 3.63) is 35.6 Å². The molecular formula is C21H33FN2O2. The first-order valence-electron chi connectivity index (χ1n) is 9.73. The minimum absolute atomic E-state index is 0.0450. The summed E-state index contributed by atoms with van der Waals surface area (Å²) in [5.74, 6) is 0.0159. The van der Waals surface area contributed by atoms with E-state index in [-0.39, 0.29) is 23.7 Å². The van der Waals surface area contributed by atoms with Crippen molar-refractivity contribution in [2.75, 3.05) is 13.1 Å². The lowest BCUT2D eigenvalue weighted by atomic mass is 9.94. The van der Waals surface area contributed by atoms with Gasteiger partial charge in [0.1, 0.15) is 5.82 Å². The zero-order valence-corrected chi connectivity index (χ0v) is 16.3. The van der Waals surface area contributed by atoms with Crippen LogP contribution < -0.4 is 5.32 Å². The average Bonchev–Trinajstić information content (AvgIpc) is 2.56. The van der Waals surface area contributed by atoms with E-state index in [0.29, 0.717) is 6.54 Å². The van der Waals surface area contributed by atoms with Gasteiger partial charge in [-0.25, -0.2) is 4.39 Å². The number of halogens is 1. The number of aliphatic hydroxyl groups is 1. The van der Waals surface area contributed by atoms with Crippen molar-refractivity contribution in [1.29, 1.82) is 0 Å². The van der Waals surface area contributed by atoms with Crippen molar-refractivity contribution in [3.63, 3.8) is 0 Å². The molecule has 2 rings (SSSR count). The smallest absolute Gasteiger partial charge is 0.223 e. The second kappa shape index (κ2) is 9.47. The largest absolute Gasteiger partial charge is 0.390 e. The molecule has 0 bridgehead atoms. The van der Waals surface area contributed by atoms with Gasteiger partial charge in [0.15, 0.2) is 0 Å². The average molecular weight is 365 g/mol. The lowest BCUT2D eigenvalue weighted by Crippen LogP contribution is -2.43. The standard InChI is InChI=1S/C21H33FN2O2/c1-16(7-6-12-21(2,3)26)23-20(25)17-10-13-24(14-11-17)15-18-8-4-5-9-19(18)22/h4-5,8-9,16-17,26H,6-7,10-15H2,1-3H3,(H,23,25)/t16-/m1/s1. The Kier molecular flexibility index (Phi) is 7.59. The number of benzene rings is 1. The minimum atomic E-state index is -0.644. The second-order valence-corrected chi connectivity index (χ2v) is 8.26. The van der Waals surface area contributed by atoms with Crippen LogP contribution in [0.5, 0.6) is 0 Å². The van der Waals surface area contributed by atoms with Gasteiger partial charge in [0.2, 0.25) is 5.91 Å². The summed E-state index contributed by atoms with van der Waals surface area (Å²) >= 11 is 0. The van der Waals surface area contributed by atoms with Gasteiger partial charge in [-0.1, -0.05) is 18.2 Å². The summed E-state index contributed by atoms with van der Waals surface area (Å²) < 4.78 is 13.8. The summed E-state index contributed by atoms with van der Waals surface area (Å²) in [5.41, 5.74) is 0.0743. The fraction of sp³-hybridized carbons (Fsp3) is 0.667. The third-order valence-corrected chi connectivity index (χ3v) is 5.12. The minimum Gasteiger partial charge on any atom is -0.390 e. The summed E-state index contributed by atoms with van der Waals surface area (Å²) in [5, 5.41) is 12.9. The molecule has 4 nitrogen and oxygen atoms in total. The fourth-order valence-electron chi connectivity index (χ4n) is 3.49. The molecule has 1 fully saturated rings. The Morgan fingerprint density at radius 1 is 1.35 bits per heavy atom. The van der Waals surface area contributed by atoms with Crippen LogP contribution in [0.2, 0.25) is 0 Å². The van der Waals surface area contributed by atoms with Crippen LogP contribution in [0, 0.1) is 11.7 Å². The van der Waals surface area contributed by atoms with Crippen molar-refractivity contribution in [2.24, 2.45) is 5.92 Å². The highest BCUT2D eigenvalue weighted by atomic mass is 19.1. The summed E-state index contributed by atoms with van der Waals surface area (Å²) in [6.07, 6.45) is 4.14. The Labute approximate surface area is 156 Å². The van der Waals surface area contributed by atoms with Crippen LogP contribution in [0.15, 0.2) is 24.3 Å². The van der Waals surface area contributed by atoms with E-state index in [1.54, 1.807) is 6.07 Å². The number of carbonyl (C=O) groups excluding carboxylic acids is 1. The van der Waals surface area contributed by atoms with Gasteiger partial charge in [0.05, 0.1) is 5.60 Å². The highest BCUT2D eigenvalue weighted by molar-refractivity contribution is 5.79. The highest BCUT2D eigenvalue weighted by Gasteiger charge is 2.26. The summed E-state index contributed by atoms with van der Waals surface area (Å²) in [6, 6.07) is 7.01. The van der Waals surface area contributed by atoms with Crippen LogP contribution >= 0.6 is 0 Å². The molecule has 146 valence electrons. The third kappa shape index (κ3) is 7.04. The SMILES string of the molecule is C[C@H](CCCC(C)(C)O)NC(=O)C1CCN(Cc2ccccc2F)CC1. The zero-order valence-electron chi connectivity index (χ0n) is 16.3. The predicted molar refractivity (Wildman–Crippen MR) is 102 cm³/mol. The molecule has 0 unspecified atom stereocenters. The van der Waals surface area contributed by atoms with Gasteiger partial charge in [-0.2, -0.15) is 0 Å². The number of nitrogens with zero attached hydrogens (tertiary/aromatic N) is 1. The van der Waals surface area contributed by atoms with E-state index in [9.17, 15) is 14.3 Å². The van der Waals surface area contributed by atoms with Gasteiger partial charge >= 0.3 is 0 Å². The van der Waals surface area contributed by atoms with Gasteiger partial charge in [-0.05, 0) is 72.0 Å². The van der Waals surface area contributed by atoms with Crippen molar-refractivity contribution in [3.8, 4) is 0 Å². The Bertz CT molecular complexity index is 578. The predicted octanol–water partition coefficient (Wildman–Crippen LogP) is 3.48. The first-order valence-corrected chi connectivity index (χ1v) is 9.73. The second-order valence-electron chi connectivity index (χ2n) is 8.26. The third-order valence-electron chi connectivity index (χ3n) is 5.12. The number of nitrogens with one attached hydrogen (secondary N) is 1. The molecule has 0 saturated carbocycles. The summed E-state index contributed by atoms with van der Waals surface area (Å²) in [6.45, 7) is 7.89. The lowest BCUT2D eigenvalue weighted by Gasteiger charge is -2.32. The number of amides is 1. The first kappa shape index (κ1) is 20.8. The van der Waals surface area contributed by atoms with Crippen molar-refractivity contribution in [1.82, 2.24) is 10.2 Å². The van der Waals surface area contributed by atoms with Crippen molar-refractivity contribution < 1.29 is 14.3 Å². The molecule has 1 aliphatic heterocycles. The van der Waals surface area contributed by atoms with Crippen LogP contribution in [-0.4, -0.2) is 40.6 Å². The maximum Gasteiger partial charge on any atom is 0.223 e. The fourth-order valence-corrected chi connectivity index (χ4v) is 3.49. The van der Waals surface area contributed by atoms with E-state index in [1.807, 2.05) is 32.9 Å². The van der Waals surface area contributed by atoms with Crippen LogP contribution in [0.4, 0.5) is 4.39 Å². The molecule has 0 radical (unpaired) electrons. The first-order chi connectivity index (χ1) is 12.2. The van der Waals surface area contributed by atoms with Crippen molar-refractivity contribution in [2.45, 2.75) is 71.1 Å². The molecule has 2 N–H and O–H groups in total. The van der Waals surface area contributed by atoms with E-state index < -0.39 is 5.60 Å². The van der Waals surface area contributed by atoms with Gasteiger partial charge in [-0.15, -0.1) is 0 Å². The summed E-state index contributed by atoms with van der Waals surface area (Å²) in [7, 11) is 0. The van der Waals surface area contributed by atoms with Crippen molar-refractivity contribution >= 4 is 5.91 Å². The Hall–Kier alpha value is -1.46. The molecule has 5 heteroatoms. The number of rotatable bonds is 8. The topological polar surface area (TPSA) is 52.6 Å². The van der Waals surface area contributed by atoms with E-state index in [1.165, 1.54) is 6.07 Å². The van der Waals surface area contributed by atoms with Crippen LogP contribution in [0.3, 0.4) is 0 Å². The molecule has 26 heavy (non-hydrogen) atoms. The van der Waals surface area contributed by atoms with Gasteiger partial charge < -0.3 is 10.4 Å². The maximum atomic E-state index is 13.8. The summed E-state index contributed by atoms with van der Waals surface area (Å²) in [4.78, 5) is 14.7. The van der Waals surface area contributed by atoms with Gasteiger partial charge in [-0.3, -0.25) is 9.69 Å². The van der Waals surface area contributed by atoms with Crippen LogP contribution in [0.1, 0.15) is 58.4 Å². The molecule has 0 aliphatic carbocycles. The molecule has 1 aliphatic rings. The van der Waals surface area contributed by atoms with Crippen LogP contribution in [0.25, 0.3) is 0 Å². The normalized spacial score (nSPS) is 17.9. The molecule has 1 atom stereocenters. The number of carbonyl (C=O) groups is 1. The number of likely N-dealkylation sites (tertiary alicyclic amines) is 1. The highest BCUT2D eigenvalue weighted by Crippen LogP contribution is 2.21. The Morgan fingerprint density at radius 3 is 2.62 bits per heavy atom. The molecule has 1 aromatic rings. The van der Waals surface area contributed by atoms with Crippen LogP contribution in [-0.2, 0) is 11.3 Å². The number of hydrogen-bond donors (Lipinski definition) is 2. The molecule has 1 saturated heterocycles. The van der Waals surface area contributed by atoms with Gasteiger partial charge in [0, 0.05) is 24.1 Å². The van der Waals surface area contributed by atoms with E-state index in [2.05, 4.69) is 10.2 Å². The number of hydrogen-bond acceptors (Lipinski definition) is 3. The quantitative estimate of drug-likeness (QED) is 0.742. The maximum absolute atomic E-state index is 13.8. The van der Waals surface area contributed by atoms with E-state index in [0.717, 1.165) is 50.8 Å². The lowest BCUT2D eigenvalue weighted by molar-refractivity contribution is -0.127. The molecule has 0 spiro atoms. The molecule has 0 aromatic heterocycles. The molecule has 1 heterocycles. The van der Waals surface area contributed by atoms with E-state index in [4.69, 9.17) is 0 Å². The van der Waals surface area contributed by atoms with Gasteiger partial charge in [0.25, 0.3) is 0 Å². The Morgan fingerprint density at radius 2 is 2.00 bits per heavy atom. The number of piperidine rings is 1. The molecular weight excluding hydrogens is 331 g/mol. The Balaban J connectivity index is 1.70. The monoisotopic (exact) mass is 364 g/mol. The molecule has 1 aromatic carbocycles. The van der Waals surface area contributed by atoms with E-state index >= 15 is 0 Å². The zero-order chi connectivity index (χ0) is 19.2. The molecule has 1 amide bonds.